The van der Waals surface area contributed by atoms with Crippen molar-refractivity contribution in [2.24, 2.45) is 5.41 Å². The molecule has 0 aromatic heterocycles. The molecule has 2 fully saturated rings. The molecule has 0 aliphatic carbocycles. The van der Waals surface area contributed by atoms with Gasteiger partial charge in [-0.25, -0.2) is 0 Å². The molecule has 0 saturated carbocycles. The molecule has 3 rings (SSSR count). The van der Waals surface area contributed by atoms with E-state index in [-0.39, 0.29) is 29.6 Å². The number of halogens is 1. The van der Waals surface area contributed by atoms with E-state index in [1.54, 1.807) is 4.90 Å². The van der Waals surface area contributed by atoms with E-state index in [9.17, 15) is 9.59 Å². The maximum Gasteiger partial charge on any atom is 0.231 e. The number of benzene rings is 1. The summed E-state index contributed by atoms with van der Waals surface area (Å²) in [7, 11) is 0. The van der Waals surface area contributed by atoms with E-state index in [1.165, 1.54) is 0 Å². The number of anilines is 2. The topological polar surface area (TPSA) is 61.4 Å². The van der Waals surface area contributed by atoms with Crippen LogP contribution in [-0.2, 0) is 9.59 Å². The highest BCUT2D eigenvalue weighted by atomic mass is 35.5. The molecule has 0 spiro atoms. The van der Waals surface area contributed by atoms with Gasteiger partial charge in [-0.2, -0.15) is 0 Å². The molecule has 126 valence electrons. The zero-order valence-corrected chi connectivity index (χ0v) is 14.2. The minimum absolute atomic E-state index is 0. The third-order valence-corrected chi connectivity index (χ3v) is 4.66. The second-order valence-electron chi connectivity index (χ2n) is 6.49. The van der Waals surface area contributed by atoms with Crippen molar-refractivity contribution in [2.75, 3.05) is 29.9 Å². The van der Waals surface area contributed by atoms with E-state index in [1.807, 2.05) is 31.2 Å². The molecule has 1 aromatic carbocycles. The van der Waals surface area contributed by atoms with Crippen LogP contribution in [0.1, 0.15) is 32.6 Å². The molecule has 2 aliphatic rings. The summed E-state index contributed by atoms with van der Waals surface area (Å²) in [5.41, 5.74) is 1.35. The van der Waals surface area contributed by atoms with Gasteiger partial charge in [-0.05, 0) is 57.0 Å². The highest BCUT2D eigenvalue weighted by molar-refractivity contribution is 5.97. The maximum atomic E-state index is 12.5. The van der Waals surface area contributed by atoms with Crippen LogP contribution in [0.3, 0.4) is 0 Å². The lowest BCUT2D eigenvalue weighted by Gasteiger charge is -2.32. The van der Waals surface area contributed by atoms with Gasteiger partial charge in [0.05, 0.1) is 5.41 Å². The van der Waals surface area contributed by atoms with E-state index in [4.69, 9.17) is 0 Å². The summed E-state index contributed by atoms with van der Waals surface area (Å²) in [6.07, 6.45) is 3.48. The molecule has 1 unspecified atom stereocenters. The Kier molecular flexibility index (Phi) is 5.65. The number of nitrogens with one attached hydrogen (secondary N) is 2. The number of hydrogen-bond donors (Lipinski definition) is 2. The van der Waals surface area contributed by atoms with E-state index >= 15 is 0 Å². The number of carbonyl (C=O) groups excluding carboxylic acids is 2. The highest BCUT2D eigenvalue weighted by Gasteiger charge is 2.34. The monoisotopic (exact) mass is 337 g/mol. The average Bonchev–Trinajstić information content (AvgIpc) is 2.95. The van der Waals surface area contributed by atoms with Crippen LogP contribution < -0.4 is 15.5 Å². The van der Waals surface area contributed by atoms with Crippen molar-refractivity contribution in [3.63, 3.8) is 0 Å². The fourth-order valence-corrected chi connectivity index (χ4v) is 3.18. The van der Waals surface area contributed by atoms with E-state index < -0.39 is 0 Å². The van der Waals surface area contributed by atoms with E-state index in [2.05, 4.69) is 10.6 Å². The molecule has 0 bridgehead atoms. The van der Waals surface area contributed by atoms with Gasteiger partial charge in [-0.15, -0.1) is 12.4 Å². The molecule has 6 heteroatoms. The predicted octanol–water partition coefficient (Wildman–Crippen LogP) is 2.56. The van der Waals surface area contributed by atoms with Crippen LogP contribution in [0.15, 0.2) is 24.3 Å². The molecule has 1 aromatic rings. The summed E-state index contributed by atoms with van der Waals surface area (Å²) in [5, 5.41) is 6.29. The van der Waals surface area contributed by atoms with Gasteiger partial charge in [0.2, 0.25) is 11.8 Å². The zero-order valence-electron chi connectivity index (χ0n) is 13.4. The molecule has 2 amide bonds. The number of piperidine rings is 1. The molecule has 2 heterocycles. The predicted molar refractivity (Wildman–Crippen MR) is 94.1 cm³/mol. The lowest BCUT2D eigenvalue weighted by Crippen LogP contribution is -2.46. The van der Waals surface area contributed by atoms with Crippen LogP contribution in [0, 0.1) is 5.41 Å². The van der Waals surface area contributed by atoms with Crippen molar-refractivity contribution < 1.29 is 9.59 Å². The quantitative estimate of drug-likeness (QED) is 0.891. The third-order valence-electron chi connectivity index (χ3n) is 4.66. The van der Waals surface area contributed by atoms with Crippen molar-refractivity contribution in [3.05, 3.63) is 24.3 Å². The summed E-state index contributed by atoms with van der Waals surface area (Å²) in [5.74, 6) is 0.238. The summed E-state index contributed by atoms with van der Waals surface area (Å²) < 4.78 is 0. The molecule has 5 nitrogen and oxygen atoms in total. The number of rotatable bonds is 3. The summed E-state index contributed by atoms with van der Waals surface area (Å²) in [6, 6.07) is 7.55. The lowest BCUT2D eigenvalue weighted by molar-refractivity contribution is -0.125. The van der Waals surface area contributed by atoms with Gasteiger partial charge in [-0.3, -0.25) is 9.59 Å². The molecule has 1 atom stereocenters. The smallest absolute Gasteiger partial charge is 0.231 e. The molecule has 2 aliphatic heterocycles. The normalized spacial score (nSPS) is 24.2. The van der Waals surface area contributed by atoms with E-state index in [0.29, 0.717) is 6.42 Å². The number of hydrogen-bond acceptors (Lipinski definition) is 3. The van der Waals surface area contributed by atoms with E-state index in [0.717, 1.165) is 50.3 Å². The minimum Gasteiger partial charge on any atom is -0.326 e. The first-order chi connectivity index (χ1) is 10.6. The zero-order chi connectivity index (χ0) is 15.6. The first kappa shape index (κ1) is 17.8. The molecule has 2 N–H and O–H groups in total. The molecular weight excluding hydrogens is 314 g/mol. The van der Waals surface area contributed by atoms with Crippen LogP contribution >= 0.6 is 12.4 Å². The van der Waals surface area contributed by atoms with Crippen LogP contribution in [0.25, 0.3) is 0 Å². The Balaban J connectivity index is 0.00000192. The Morgan fingerprint density at radius 2 is 2.00 bits per heavy atom. The highest BCUT2D eigenvalue weighted by Crippen LogP contribution is 2.28. The van der Waals surface area contributed by atoms with Gasteiger partial charge in [0.1, 0.15) is 0 Å². The Labute approximate surface area is 143 Å². The summed E-state index contributed by atoms with van der Waals surface area (Å²) >= 11 is 0. The maximum absolute atomic E-state index is 12.5. The van der Waals surface area contributed by atoms with Crippen molar-refractivity contribution in [1.29, 1.82) is 0 Å². The molecule has 23 heavy (non-hydrogen) atoms. The summed E-state index contributed by atoms with van der Waals surface area (Å²) in [4.78, 5) is 26.0. The average molecular weight is 338 g/mol. The van der Waals surface area contributed by atoms with Crippen LogP contribution in [0.2, 0.25) is 0 Å². The fraction of sp³-hybridized carbons (Fsp3) is 0.529. The van der Waals surface area contributed by atoms with Gasteiger partial charge in [-0.1, -0.05) is 0 Å². The molecule has 0 radical (unpaired) electrons. The van der Waals surface area contributed by atoms with Crippen molar-refractivity contribution >= 4 is 35.6 Å². The van der Waals surface area contributed by atoms with Crippen LogP contribution in [-0.4, -0.2) is 31.4 Å². The second kappa shape index (κ2) is 7.32. The molecule has 2 saturated heterocycles. The Morgan fingerprint density at radius 1 is 1.26 bits per heavy atom. The Hall–Kier alpha value is -1.59. The summed E-state index contributed by atoms with van der Waals surface area (Å²) in [6.45, 7) is 4.50. The van der Waals surface area contributed by atoms with Gasteiger partial charge >= 0.3 is 0 Å². The van der Waals surface area contributed by atoms with Crippen LogP contribution in [0.4, 0.5) is 11.4 Å². The second-order valence-corrected chi connectivity index (χ2v) is 6.49. The van der Waals surface area contributed by atoms with Crippen molar-refractivity contribution in [1.82, 2.24) is 5.32 Å². The largest absolute Gasteiger partial charge is 0.326 e. The van der Waals surface area contributed by atoms with Gasteiger partial charge in [0.25, 0.3) is 0 Å². The van der Waals surface area contributed by atoms with Crippen LogP contribution in [0.5, 0.6) is 0 Å². The standard InChI is InChI=1S/C17H23N3O2.ClH/c1-17(9-3-10-18-12-17)16(22)19-13-5-7-14(8-6-13)20-11-2-4-15(20)21;/h5-8,18H,2-4,9-12H2,1H3,(H,19,22);1H. The first-order valence-electron chi connectivity index (χ1n) is 8.01. The van der Waals surface area contributed by atoms with Gasteiger partial charge in [0, 0.05) is 30.9 Å². The number of amides is 2. The molecular formula is C17H24ClN3O2. The number of nitrogens with zero attached hydrogens (tertiary/aromatic N) is 1. The van der Waals surface area contributed by atoms with Gasteiger partial charge in [0.15, 0.2) is 0 Å². The Bertz CT molecular complexity index is 568. The van der Waals surface area contributed by atoms with Gasteiger partial charge < -0.3 is 15.5 Å². The lowest BCUT2D eigenvalue weighted by atomic mass is 9.82. The fourth-order valence-electron chi connectivity index (χ4n) is 3.18. The SMILES string of the molecule is CC1(C(=O)Nc2ccc(N3CCCC3=O)cc2)CCCNC1.Cl. The first-order valence-corrected chi connectivity index (χ1v) is 8.01. The van der Waals surface area contributed by atoms with Crippen molar-refractivity contribution in [2.45, 2.75) is 32.6 Å². The third kappa shape index (κ3) is 3.85. The number of carbonyl (C=O) groups is 2. The van der Waals surface area contributed by atoms with Crippen molar-refractivity contribution in [3.8, 4) is 0 Å². The minimum atomic E-state index is -0.345. The Morgan fingerprint density at radius 3 is 2.57 bits per heavy atom.